The van der Waals surface area contributed by atoms with E-state index in [1.54, 1.807) is 38.2 Å². The molecule has 4 bridgehead atoms. The molecule has 21 atom stereocenters. The number of ketones is 1. The van der Waals surface area contributed by atoms with Crippen molar-refractivity contribution in [3.8, 4) is 0 Å². The zero-order valence-corrected chi connectivity index (χ0v) is 66.0. The first-order chi connectivity index (χ1) is 52.0. The number of aliphatic hydroxyl groups excluding tert-OH is 1. The Labute approximate surface area is 649 Å². The number of aliphatic hydroxyl groups is 3. The molecule has 2 spiro atoms. The molecule has 12 rings (SSSR count). The largest absolute Gasteiger partial charge is 0.462 e. The van der Waals surface area contributed by atoms with E-state index in [9.17, 15) is 59.5 Å². The number of esters is 4. The quantitative estimate of drug-likeness (QED) is 0.0654. The van der Waals surface area contributed by atoms with Gasteiger partial charge in [-0.15, -0.1) is 0 Å². The van der Waals surface area contributed by atoms with Crippen molar-refractivity contribution in [1.29, 1.82) is 0 Å². The summed E-state index contributed by atoms with van der Waals surface area (Å²) in [5.74, 6) is -7.55. The van der Waals surface area contributed by atoms with Gasteiger partial charge in [-0.1, -0.05) is 139 Å². The second-order valence-corrected chi connectivity index (χ2v) is 33.0. The maximum atomic E-state index is 14.5. The van der Waals surface area contributed by atoms with Gasteiger partial charge in [0.2, 0.25) is 0 Å². The molecule has 0 amide bonds. The highest BCUT2D eigenvalue weighted by molar-refractivity contribution is 5.91. The topological polar surface area (TPSA) is 356 Å². The lowest BCUT2D eigenvalue weighted by molar-refractivity contribution is -0.385. The van der Waals surface area contributed by atoms with Gasteiger partial charge >= 0.3 is 23.9 Å². The van der Waals surface area contributed by atoms with Crippen molar-refractivity contribution in [2.45, 2.75) is 251 Å². The highest BCUT2D eigenvalue weighted by Gasteiger charge is 2.64. The van der Waals surface area contributed by atoms with Gasteiger partial charge in [-0.05, 0) is 149 Å². The summed E-state index contributed by atoms with van der Waals surface area (Å²) in [5, 5.41) is 59.1. The minimum Gasteiger partial charge on any atom is -0.462 e. The second kappa shape index (κ2) is 35.0. The Kier molecular flexibility index (Phi) is 26.9. The number of Topliss-reactive ketones (excluding diaryl/α,β-unsaturated/α-hetero) is 1. The summed E-state index contributed by atoms with van der Waals surface area (Å²) in [6, 6.07) is 10.1. The third-order valence-corrected chi connectivity index (χ3v) is 23.1. The van der Waals surface area contributed by atoms with Crippen molar-refractivity contribution in [2.75, 3.05) is 13.2 Å². The van der Waals surface area contributed by atoms with E-state index in [1.165, 1.54) is 54.1 Å². The summed E-state index contributed by atoms with van der Waals surface area (Å²) < 4.78 is 64.0. The first-order valence-electron chi connectivity index (χ1n) is 38.7. The molecular weight excluding hydrogens is 1430 g/mol. The third kappa shape index (κ3) is 18.9. The number of non-ortho nitro benzene ring substituents is 2. The number of nitro benzene ring substituents is 2. The predicted octanol–water partition coefficient (Wildman–Crippen LogP) is 13.1. The fraction of sp³-hybridized carbons (Fsp3) is 0.570. The van der Waals surface area contributed by atoms with E-state index in [0.717, 1.165) is 29.6 Å². The molecule has 111 heavy (non-hydrogen) atoms. The number of carbonyl (C=O) groups excluding carboxylic acids is 5. The number of allylic oxidation sites excluding steroid dienone is 10. The lowest BCUT2D eigenvalue weighted by Gasteiger charge is -2.51. The van der Waals surface area contributed by atoms with Gasteiger partial charge in [-0.25, -0.2) is 9.59 Å². The number of ether oxygens (including phenoxy) is 10. The first kappa shape index (κ1) is 85.2. The molecule has 0 saturated carbocycles. The minimum absolute atomic E-state index is 0. The fourth-order valence-electron chi connectivity index (χ4n) is 17.6. The summed E-state index contributed by atoms with van der Waals surface area (Å²) >= 11 is 0. The van der Waals surface area contributed by atoms with Gasteiger partial charge in [-0.2, -0.15) is 0 Å². The maximum absolute atomic E-state index is 14.5. The summed E-state index contributed by atoms with van der Waals surface area (Å²) in [6.07, 6.45) is 18.7. The van der Waals surface area contributed by atoms with E-state index >= 15 is 0 Å². The first-order valence-corrected chi connectivity index (χ1v) is 38.7. The molecule has 8 aliphatic heterocycles. The van der Waals surface area contributed by atoms with Gasteiger partial charge in [0.1, 0.15) is 53.2 Å². The van der Waals surface area contributed by atoms with E-state index in [4.69, 9.17) is 47.4 Å². The smallest absolute Gasteiger partial charge is 0.338 e. The lowest BCUT2D eigenvalue weighted by atomic mass is 9.70. The molecule has 6 fully saturated rings. The van der Waals surface area contributed by atoms with E-state index in [2.05, 4.69) is 79.7 Å². The summed E-state index contributed by atoms with van der Waals surface area (Å²) in [5.41, 5.74) is 2.04. The lowest BCUT2D eigenvalue weighted by Crippen LogP contribution is -2.60. The van der Waals surface area contributed by atoms with Crippen molar-refractivity contribution in [3.05, 3.63) is 197 Å². The van der Waals surface area contributed by atoms with Crippen LogP contribution in [0.25, 0.3) is 0 Å². The summed E-state index contributed by atoms with van der Waals surface area (Å²) in [4.78, 5) is 90.5. The number of benzene rings is 2. The number of fused-ring (bicyclic) bond motifs is 4. The Morgan fingerprint density at radius 3 is 1.41 bits per heavy atom. The highest BCUT2D eigenvalue weighted by atomic mass is 16.7. The van der Waals surface area contributed by atoms with Crippen LogP contribution in [0.5, 0.6) is 0 Å². The van der Waals surface area contributed by atoms with Crippen molar-refractivity contribution in [1.82, 2.24) is 0 Å². The van der Waals surface area contributed by atoms with Crippen LogP contribution < -0.4 is 0 Å². The molecule has 2 aromatic rings. The standard InChI is InChI=1S/C43H55NO11.C43H53NO11.H2O/c2*1-24(2)17-27(5)37-29(7)36(45)22-42(55-37)21-34-20-33(54-42)16-11-26(4)18-25(3)9-8-10-31-23-51-39-38(28(6)19-35(41(47)52-34)43(31,39)48)53-40(46)30-12-14-32(15-13-30)44(49)50;/h8-15,17,19,24-25,29,33-39,45,48H,16,18,20-23H2,1-7H3;8-15,17,19,24-25,29,33-35,37-39,48H,16,18,20-23H2,1-7H3;1H2/b2*9-8+,26-11+,27-17+,31-10+;/t25-,29-,33+,34-,35-,36-,37+,38+,39+,42+,43+;25-,29-,33+,34-,35-,37+,38+,39+,42+,43+;/m00./s1. The monoisotopic (exact) mass is 1540 g/mol. The van der Waals surface area contributed by atoms with Gasteiger partial charge in [0, 0.05) is 68.2 Å². The number of hydrogen-bond acceptors (Lipinski definition) is 22. The van der Waals surface area contributed by atoms with Gasteiger partial charge in [0.05, 0.1) is 71.1 Å². The zero-order valence-electron chi connectivity index (χ0n) is 66.0. The molecule has 8 heterocycles. The Morgan fingerprint density at radius 2 is 0.991 bits per heavy atom. The predicted molar refractivity (Wildman–Crippen MR) is 410 cm³/mol. The minimum atomic E-state index is -1.95. The SMILES string of the molecule is CC1=C[C@H]2C(=O)O[C@H]3C[C@@H](C/C=C(\C)C[C@@H](C)/C=C/C=C4\CO[C@H]([C@@H]1OC(=O)c1ccc([N+](=O)[O-])cc1)[C@@]42O)O[C@@]1(C3)C[C@H](O)[C@H](C)[C@@H](/C(C)=C/C(C)C)O1.CC1=C[C@H]2C(=O)O[C@H]3C[C@@H](C/C=C(\C)C[C@@H](C)/C=C/C=C4\CO[C@H]([C@@H]1OC(=O)c1ccc([N+](=O)[O-])cc1)[C@@]42O)O[C@]1(CC(=O)[C@H](C)[C@@H](/C(C)=C/C(C)C)O1)C3.O. The second-order valence-electron chi connectivity index (χ2n) is 33.0. The van der Waals surface area contributed by atoms with Crippen LogP contribution in [-0.2, 0) is 61.8 Å². The Morgan fingerprint density at radius 1 is 0.586 bits per heavy atom. The zero-order chi connectivity index (χ0) is 79.6. The molecule has 0 radical (unpaired) electrons. The Hall–Kier alpha value is -8.21. The van der Waals surface area contributed by atoms with Crippen LogP contribution in [0.4, 0.5) is 11.4 Å². The molecule has 6 saturated heterocycles. The van der Waals surface area contributed by atoms with Crippen LogP contribution >= 0.6 is 0 Å². The molecule has 2 aliphatic carbocycles. The van der Waals surface area contributed by atoms with Gasteiger partial charge < -0.3 is 68.2 Å². The Bertz CT molecular complexity index is 4160. The average molecular weight is 1540 g/mol. The summed E-state index contributed by atoms with van der Waals surface area (Å²) in [7, 11) is 0. The van der Waals surface area contributed by atoms with Crippen LogP contribution in [0.2, 0.25) is 0 Å². The van der Waals surface area contributed by atoms with Gasteiger partial charge in [0.25, 0.3) is 11.4 Å². The molecule has 5 N–H and O–H groups in total. The van der Waals surface area contributed by atoms with E-state index in [0.29, 0.717) is 48.0 Å². The van der Waals surface area contributed by atoms with Crippen LogP contribution in [0.1, 0.15) is 182 Å². The summed E-state index contributed by atoms with van der Waals surface area (Å²) in [6.45, 7) is 27.8. The molecule has 602 valence electrons. The maximum Gasteiger partial charge on any atom is 0.338 e. The third-order valence-electron chi connectivity index (χ3n) is 23.1. The van der Waals surface area contributed by atoms with E-state index < -0.39 is 129 Å². The van der Waals surface area contributed by atoms with Crippen LogP contribution in [0, 0.1) is 67.6 Å². The van der Waals surface area contributed by atoms with Crippen LogP contribution in [0.3, 0.4) is 0 Å². The fourth-order valence-corrected chi connectivity index (χ4v) is 17.6. The van der Waals surface area contributed by atoms with Crippen molar-refractivity contribution in [3.63, 3.8) is 0 Å². The molecule has 25 nitrogen and oxygen atoms in total. The van der Waals surface area contributed by atoms with Crippen molar-refractivity contribution < 1.29 is 102 Å². The van der Waals surface area contributed by atoms with Crippen LogP contribution in [-0.4, -0.2) is 163 Å². The van der Waals surface area contributed by atoms with Gasteiger partial charge in [0.15, 0.2) is 23.8 Å². The highest BCUT2D eigenvalue weighted by Crippen LogP contribution is 2.52. The Balaban J connectivity index is 0.000000234. The molecule has 0 aromatic heterocycles. The van der Waals surface area contributed by atoms with Crippen LogP contribution in [0.15, 0.2) is 166 Å². The van der Waals surface area contributed by atoms with E-state index in [-0.39, 0.29) is 114 Å². The van der Waals surface area contributed by atoms with Crippen molar-refractivity contribution in [2.24, 2.45) is 47.3 Å². The number of hydrogen-bond donors (Lipinski definition) is 3. The molecule has 10 aliphatic rings. The molecule has 0 unspecified atom stereocenters. The number of rotatable bonds is 10. The number of nitro groups is 2. The average Bonchev–Trinajstić information content (AvgIpc) is 1.61. The molecule has 25 heteroatoms. The molecule has 2 aromatic carbocycles. The normalized spacial score (nSPS) is 38.5. The van der Waals surface area contributed by atoms with Gasteiger partial charge in [-0.3, -0.25) is 34.6 Å². The number of nitrogens with zero attached hydrogens (tertiary/aromatic N) is 2. The van der Waals surface area contributed by atoms with Crippen molar-refractivity contribution >= 4 is 41.0 Å². The molecular formula is C86H110N2O23. The van der Waals surface area contributed by atoms with E-state index in [1.807, 2.05) is 52.0 Å². The number of carbonyl (C=O) groups is 5.